The molecule has 122 valence electrons. The lowest BCUT2D eigenvalue weighted by Gasteiger charge is -2.05. The second-order valence-electron chi connectivity index (χ2n) is 5.30. The highest BCUT2D eigenvalue weighted by Gasteiger charge is 2.17. The minimum absolute atomic E-state index is 0.235. The van der Waals surface area contributed by atoms with Crippen LogP contribution in [0, 0.1) is 6.92 Å². The zero-order chi connectivity index (χ0) is 17.3. The molecule has 0 aliphatic rings. The second-order valence-corrected chi connectivity index (χ2v) is 6.49. The molecule has 0 bridgehead atoms. The Morgan fingerprint density at radius 3 is 2.50 bits per heavy atom. The van der Waals surface area contributed by atoms with Crippen LogP contribution in [0.15, 0.2) is 47.5 Å². The fraction of sp³-hybridized carbons (Fsp3) is 0.167. The van der Waals surface area contributed by atoms with Crippen LogP contribution in [0.25, 0.3) is 10.8 Å². The number of aryl methyl sites for hydroxylation is 1. The van der Waals surface area contributed by atoms with Gasteiger partial charge in [-0.1, -0.05) is 47.7 Å². The van der Waals surface area contributed by atoms with Crippen LogP contribution in [0.4, 0.5) is 5.69 Å². The summed E-state index contributed by atoms with van der Waals surface area (Å²) in [6.07, 6.45) is 0. The maximum absolute atomic E-state index is 12.1. The maximum atomic E-state index is 12.1. The number of rotatable bonds is 2. The predicted molar refractivity (Wildman–Crippen MR) is 93.8 cm³/mol. The van der Waals surface area contributed by atoms with Crippen LogP contribution in [0.5, 0.6) is 5.88 Å². The number of carbonyl (C=O) groups excluding carboxylic acids is 2. The minimum atomic E-state index is -0.470. The average molecular weight is 340 g/mol. The Hall–Kier alpha value is -2.73. The van der Waals surface area contributed by atoms with Crippen LogP contribution in [0.2, 0.25) is 0 Å². The highest BCUT2D eigenvalue weighted by molar-refractivity contribution is 7.09. The first-order valence-electron chi connectivity index (χ1n) is 7.41. The molecule has 0 spiro atoms. The number of carbonyl (C=O) groups is 2. The van der Waals surface area contributed by atoms with Gasteiger partial charge in [-0.25, -0.2) is 9.56 Å². The molecule has 5 nitrogen and oxygen atoms in total. The molecule has 1 heterocycles. The summed E-state index contributed by atoms with van der Waals surface area (Å²) >= 11 is 1.31. The molecule has 24 heavy (non-hydrogen) atoms. The molecule has 0 N–H and O–H groups in total. The van der Waals surface area contributed by atoms with Gasteiger partial charge in [-0.3, -0.25) is 9.59 Å². The van der Waals surface area contributed by atoms with Gasteiger partial charge in [-0.05, 0) is 18.4 Å². The van der Waals surface area contributed by atoms with Gasteiger partial charge >= 0.3 is 5.97 Å². The van der Waals surface area contributed by atoms with Crippen molar-refractivity contribution in [3.63, 3.8) is 0 Å². The fourth-order valence-electron chi connectivity index (χ4n) is 2.48. The van der Waals surface area contributed by atoms with Gasteiger partial charge in [0.15, 0.2) is 4.80 Å². The lowest BCUT2D eigenvalue weighted by atomic mass is 10.1. The summed E-state index contributed by atoms with van der Waals surface area (Å²) in [4.78, 5) is 29.2. The molecule has 6 heteroatoms. The first kappa shape index (κ1) is 16.1. The highest BCUT2D eigenvalue weighted by Crippen LogP contribution is 2.26. The largest absolute Gasteiger partial charge is 0.408 e. The lowest BCUT2D eigenvalue weighted by molar-refractivity contribution is -0.132. The van der Waals surface area contributed by atoms with Gasteiger partial charge in [0.05, 0.1) is 10.6 Å². The molecule has 0 amide bonds. The van der Waals surface area contributed by atoms with Crippen LogP contribution in [0.3, 0.4) is 0 Å². The first-order valence-corrected chi connectivity index (χ1v) is 8.23. The summed E-state index contributed by atoms with van der Waals surface area (Å²) < 4.78 is 6.53. The molecular weight excluding hydrogens is 324 g/mol. The van der Waals surface area contributed by atoms with Crippen molar-refractivity contribution < 1.29 is 14.3 Å². The number of benzene rings is 2. The average Bonchev–Trinajstić information content (AvgIpc) is 2.83. The standard InChI is InChI=1S/C18H16N2O3S/c1-11-17(23-13(3)22)20(12(2)21)18(24-11)19-16-10-6-8-14-7-4-5-9-15(14)16/h4-10H,1-3H3. The zero-order valence-corrected chi connectivity index (χ0v) is 14.4. The van der Waals surface area contributed by atoms with Crippen molar-refractivity contribution in [2.45, 2.75) is 20.8 Å². The van der Waals surface area contributed by atoms with Crippen LogP contribution >= 0.6 is 11.3 Å². The monoisotopic (exact) mass is 340 g/mol. The molecule has 0 unspecified atom stereocenters. The molecule has 0 aliphatic carbocycles. The number of aromatic nitrogens is 1. The van der Waals surface area contributed by atoms with Crippen LogP contribution < -0.4 is 9.54 Å². The number of thiazole rings is 1. The van der Waals surface area contributed by atoms with Crippen molar-refractivity contribution in [3.05, 3.63) is 52.1 Å². The van der Waals surface area contributed by atoms with Crippen molar-refractivity contribution in [2.75, 3.05) is 0 Å². The molecule has 1 aromatic heterocycles. The van der Waals surface area contributed by atoms with Crippen molar-refractivity contribution in [2.24, 2.45) is 4.99 Å². The Labute approximate surface area is 142 Å². The van der Waals surface area contributed by atoms with Crippen molar-refractivity contribution in [1.29, 1.82) is 0 Å². The van der Waals surface area contributed by atoms with Gasteiger partial charge in [-0.15, -0.1) is 0 Å². The predicted octanol–water partition coefficient (Wildman–Crippen LogP) is 3.83. The van der Waals surface area contributed by atoms with E-state index in [1.54, 1.807) is 6.92 Å². The van der Waals surface area contributed by atoms with E-state index in [2.05, 4.69) is 4.99 Å². The quantitative estimate of drug-likeness (QED) is 0.666. The van der Waals surface area contributed by atoms with E-state index >= 15 is 0 Å². The Bertz CT molecular complexity index is 1010. The molecule has 2 aromatic carbocycles. The van der Waals surface area contributed by atoms with E-state index in [4.69, 9.17) is 4.74 Å². The van der Waals surface area contributed by atoms with Crippen molar-refractivity contribution >= 4 is 39.7 Å². The molecule has 0 fully saturated rings. The van der Waals surface area contributed by atoms with Gasteiger partial charge in [0.2, 0.25) is 11.8 Å². The Morgan fingerprint density at radius 2 is 1.79 bits per heavy atom. The summed E-state index contributed by atoms with van der Waals surface area (Å²) in [6, 6.07) is 13.7. The summed E-state index contributed by atoms with van der Waals surface area (Å²) in [5.41, 5.74) is 0.763. The second kappa shape index (κ2) is 6.41. The Morgan fingerprint density at radius 1 is 1.08 bits per heavy atom. The smallest absolute Gasteiger partial charge is 0.309 e. The molecule has 0 saturated heterocycles. The third-order valence-corrected chi connectivity index (χ3v) is 4.42. The van der Waals surface area contributed by atoms with Gasteiger partial charge in [-0.2, -0.15) is 0 Å². The summed E-state index contributed by atoms with van der Waals surface area (Å²) in [5.74, 6) is -0.490. The van der Waals surface area contributed by atoms with E-state index in [9.17, 15) is 9.59 Å². The van der Waals surface area contributed by atoms with E-state index in [1.807, 2.05) is 42.5 Å². The fourth-order valence-corrected chi connectivity index (χ4v) is 3.42. The topological polar surface area (TPSA) is 60.7 Å². The Kier molecular flexibility index (Phi) is 4.31. The highest BCUT2D eigenvalue weighted by atomic mass is 32.1. The van der Waals surface area contributed by atoms with E-state index < -0.39 is 5.97 Å². The van der Waals surface area contributed by atoms with Crippen molar-refractivity contribution in [3.8, 4) is 5.88 Å². The normalized spacial score (nSPS) is 11.7. The van der Waals surface area contributed by atoms with Gasteiger partial charge in [0.25, 0.3) is 0 Å². The van der Waals surface area contributed by atoms with Gasteiger partial charge in [0, 0.05) is 19.2 Å². The number of ether oxygens (including phenoxy) is 1. The van der Waals surface area contributed by atoms with Crippen LogP contribution in [0.1, 0.15) is 23.5 Å². The molecule has 0 aliphatic heterocycles. The third-order valence-electron chi connectivity index (χ3n) is 3.48. The van der Waals surface area contributed by atoms with E-state index in [0.29, 0.717) is 4.80 Å². The Balaban J connectivity index is 2.27. The molecule has 3 rings (SSSR count). The lowest BCUT2D eigenvalue weighted by Crippen LogP contribution is -2.22. The molecule has 0 radical (unpaired) electrons. The summed E-state index contributed by atoms with van der Waals surface area (Å²) in [7, 11) is 0. The SMILES string of the molecule is CC(=O)Oc1c(C)sc(=Nc2cccc3ccccc23)n1C(C)=O. The van der Waals surface area contributed by atoms with E-state index in [0.717, 1.165) is 21.3 Å². The van der Waals surface area contributed by atoms with Crippen LogP contribution in [-0.4, -0.2) is 16.4 Å². The number of hydrogen-bond donors (Lipinski definition) is 0. The molecule has 3 aromatic rings. The molecular formula is C18H16N2O3S. The third kappa shape index (κ3) is 3.00. The molecule has 0 saturated carbocycles. The van der Waals surface area contributed by atoms with Gasteiger partial charge < -0.3 is 4.74 Å². The summed E-state index contributed by atoms with van der Waals surface area (Å²) in [6.45, 7) is 4.52. The minimum Gasteiger partial charge on any atom is -0.408 e. The van der Waals surface area contributed by atoms with Gasteiger partial charge in [0.1, 0.15) is 0 Å². The number of esters is 1. The number of fused-ring (bicyclic) bond motifs is 1. The van der Waals surface area contributed by atoms with Crippen LogP contribution in [-0.2, 0) is 4.79 Å². The van der Waals surface area contributed by atoms with Crippen molar-refractivity contribution in [1.82, 2.24) is 4.57 Å². The maximum Gasteiger partial charge on any atom is 0.309 e. The zero-order valence-electron chi connectivity index (χ0n) is 13.6. The first-order chi connectivity index (χ1) is 11.5. The number of nitrogens with zero attached hydrogens (tertiary/aromatic N) is 2. The number of hydrogen-bond acceptors (Lipinski definition) is 5. The molecule has 0 atom stereocenters. The van der Waals surface area contributed by atoms with E-state index in [-0.39, 0.29) is 11.8 Å². The van der Waals surface area contributed by atoms with E-state index in [1.165, 1.54) is 29.8 Å². The summed E-state index contributed by atoms with van der Waals surface area (Å²) in [5, 5.41) is 2.07.